The van der Waals surface area contributed by atoms with Crippen LogP contribution in [0.2, 0.25) is 0 Å². The number of ether oxygens (including phenoxy) is 1. The van der Waals surface area contributed by atoms with Crippen molar-refractivity contribution in [3.8, 4) is 0 Å². The minimum Gasteiger partial charge on any atom is -0.381 e. The molecule has 0 aromatic heterocycles. The van der Waals surface area contributed by atoms with Crippen LogP contribution in [-0.2, 0) is 9.53 Å². The monoisotopic (exact) mass is 228 g/mol. The van der Waals surface area contributed by atoms with Crippen molar-refractivity contribution in [1.82, 2.24) is 5.32 Å². The smallest absolute Gasteiger partial charge is 0.222 e. The van der Waals surface area contributed by atoms with Crippen LogP contribution in [0.5, 0.6) is 0 Å². The summed E-state index contributed by atoms with van der Waals surface area (Å²) in [7, 11) is 1.72. The molecular formula is C12H24N2O2. The van der Waals surface area contributed by atoms with Crippen LogP contribution in [0.4, 0.5) is 0 Å². The molecule has 16 heavy (non-hydrogen) atoms. The average Bonchev–Trinajstić information content (AvgIpc) is 2.08. The fourth-order valence-corrected chi connectivity index (χ4v) is 2.19. The van der Waals surface area contributed by atoms with Gasteiger partial charge in [0.15, 0.2) is 0 Å². The molecule has 0 aromatic rings. The first-order valence-corrected chi connectivity index (χ1v) is 5.78. The van der Waals surface area contributed by atoms with Crippen molar-refractivity contribution in [2.24, 2.45) is 11.1 Å². The van der Waals surface area contributed by atoms with Crippen LogP contribution in [0.25, 0.3) is 0 Å². The van der Waals surface area contributed by atoms with Crippen molar-refractivity contribution in [1.29, 1.82) is 0 Å². The molecule has 0 aliphatic heterocycles. The molecule has 0 spiro atoms. The van der Waals surface area contributed by atoms with Gasteiger partial charge in [-0.2, -0.15) is 0 Å². The SMILES string of the molecule is COC1CC(NC(=O)CC(C)(C)N)C1(C)C. The highest BCUT2D eigenvalue weighted by molar-refractivity contribution is 5.77. The van der Waals surface area contributed by atoms with Crippen molar-refractivity contribution >= 4 is 5.91 Å². The maximum absolute atomic E-state index is 11.7. The minimum absolute atomic E-state index is 0.0170. The maximum atomic E-state index is 11.7. The van der Waals surface area contributed by atoms with Gasteiger partial charge >= 0.3 is 0 Å². The van der Waals surface area contributed by atoms with Crippen molar-refractivity contribution < 1.29 is 9.53 Å². The maximum Gasteiger partial charge on any atom is 0.222 e. The highest BCUT2D eigenvalue weighted by Gasteiger charge is 2.49. The van der Waals surface area contributed by atoms with E-state index in [1.165, 1.54) is 0 Å². The largest absolute Gasteiger partial charge is 0.381 e. The summed E-state index contributed by atoms with van der Waals surface area (Å²) in [6.07, 6.45) is 1.49. The minimum atomic E-state index is -0.446. The summed E-state index contributed by atoms with van der Waals surface area (Å²) in [5.41, 5.74) is 5.38. The van der Waals surface area contributed by atoms with Crippen LogP contribution in [0.3, 0.4) is 0 Å². The molecule has 1 fully saturated rings. The van der Waals surface area contributed by atoms with Gasteiger partial charge in [0.2, 0.25) is 5.91 Å². The molecule has 4 heteroatoms. The molecule has 0 aromatic carbocycles. The average molecular weight is 228 g/mol. The van der Waals surface area contributed by atoms with E-state index in [1.807, 2.05) is 13.8 Å². The zero-order valence-electron chi connectivity index (χ0n) is 11.0. The Bertz CT molecular complexity index is 269. The van der Waals surface area contributed by atoms with Gasteiger partial charge in [-0.05, 0) is 20.3 Å². The topological polar surface area (TPSA) is 64.3 Å². The van der Waals surface area contributed by atoms with Crippen LogP contribution in [0, 0.1) is 5.41 Å². The second kappa shape index (κ2) is 4.34. The van der Waals surface area contributed by atoms with Crippen LogP contribution in [-0.4, -0.2) is 30.7 Å². The molecule has 0 radical (unpaired) electrons. The standard InChI is InChI=1S/C12H24N2O2/c1-11(2,13)7-10(15)14-8-6-9(16-5)12(8,3)4/h8-9H,6-7,13H2,1-5H3,(H,14,15). The lowest BCUT2D eigenvalue weighted by molar-refractivity contribution is -0.133. The Morgan fingerprint density at radius 3 is 2.50 bits per heavy atom. The van der Waals surface area contributed by atoms with Crippen LogP contribution < -0.4 is 11.1 Å². The number of rotatable bonds is 4. The number of nitrogens with two attached hydrogens (primary N) is 1. The molecule has 1 aliphatic carbocycles. The van der Waals surface area contributed by atoms with Crippen molar-refractivity contribution in [3.63, 3.8) is 0 Å². The third kappa shape index (κ3) is 2.95. The molecule has 0 heterocycles. The lowest BCUT2D eigenvalue weighted by Gasteiger charge is -2.51. The molecule has 1 amide bonds. The van der Waals surface area contributed by atoms with Crippen LogP contribution in [0.15, 0.2) is 0 Å². The summed E-state index contributed by atoms with van der Waals surface area (Å²) < 4.78 is 5.34. The summed E-state index contributed by atoms with van der Waals surface area (Å²) in [4.78, 5) is 11.7. The Labute approximate surface area is 97.9 Å². The van der Waals surface area contributed by atoms with Gasteiger partial charge in [0, 0.05) is 30.5 Å². The molecule has 1 aliphatic rings. The number of amides is 1. The van der Waals surface area contributed by atoms with Gasteiger partial charge < -0.3 is 15.8 Å². The number of carbonyl (C=O) groups is 1. The molecule has 4 nitrogen and oxygen atoms in total. The zero-order valence-corrected chi connectivity index (χ0v) is 11.0. The summed E-state index contributed by atoms with van der Waals surface area (Å²) in [5, 5.41) is 3.03. The number of nitrogens with one attached hydrogen (secondary N) is 1. The van der Waals surface area contributed by atoms with Crippen LogP contribution in [0.1, 0.15) is 40.5 Å². The van der Waals surface area contributed by atoms with E-state index in [-0.39, 0.29) is 23.5 Å². The third-order valence-electron chi connectivity index (χ3n) is 3.41. The Hall–Kier alpha value is -0.610. The molecule has 0 saturated heterocycles. The van der Waals surface area contributed by atoms with Crippen molar-refractivity contribution in [2.45, 2.75) is 58.2 Å². The van der Waals surface area contributed by atoms with Gasteiger partial charge in [-0.3, -0.25) is 4.79 Å². The second-order valence-corrected chi connectivity index (χ2v) is 6.07. The normalized spacial score (nSPS) is 28.4. The van der Waals surface area contributed by atoms with Crippen molar-refractivity contribution in [3.05, 3.63) is 0 Å². The van der Waals surface area contributed by atoms with Gasteiger partial charge in [-0.25, -0.2) is 0 Å². The quantitative estimate of drug-likeness (QED) is 0.755. The van der Waals surface area contributed by atoms with E-state index in [2.05, 4.69) is 19.2 Å². The first kappa shape index (κ1) is 13.5. The lowest BCUT2D eigenvalue weighted by atomic mass is 9.64. The fraction of sp³-hybridized carbons (Fsp3) is 0.917. The Morgan fingerprint density at radius 1 is 1.56 bits per heavy atom. The van der Waals surface area contributed by atoms with Gasteiger partial charge in [-0.1, -0.05) is 13.8 Å². The summed E-state index contributed by atoms with van der Waals surface area (Å²) >= 11 is 0. The Kier molecular flexibility index (Phi) is 3.65. The van der Waals surface area contributed by atoms with Gasteiger partial charge in [-0.15, -0.1) is 0 Å². The second-order valence-electron chi connectivity index (χ2n) is 6.07. The van der Waals surface area contributed by atoms with Gasteiger partial charge in [0.05, 0.1) is 6.10 Å². The van der Waals surface area contributed by atoms with Crippen LogP contribution >= 0.6 is 0 Å². The van der Waals surface area contributed by atoms with E-state index in [0.29, 0.717) is 6.42 Å². The molecule has 2 atom stereocenters. The highest BCUT2D eigenvalue weighted by Crippen LogP contribution is 2.42. The molecule has 2 unspecified atom stereocenters. The predicted molar refractivity (Wildman–Crippen MR) is 64.0 cm³/mol. The number of carbonyl (C=O) groups excluding carboxylic acids is 1. The van der Waals surface area contributed by atoms with Gasteiger partial charge in [0.1, 0.15) is 0 Å². The predicted octanol–water partition coefficient (Wildman–Crippen LogP) is 1.04. The highest BCUT2D eigenvalue weighted by atomic mass is 16.5. The summed E-state index contributed by atoms with van der Waals surface area (Å²) in [6.45, 7) is 7.94. The first-order valence-electron chi connectivity index (χ1n) is 5.78. The Morgan fingerprint density at radius 2 is 2.12 bits per heavy atom. The molecule has 0 bridgehead atoms. The summed E-state index contributed by atoms with van der Waals surface area (Å²) in [5.74, 6) is 0.0279. The molecule has 3 N–H and O–H groups in total. The van der Waals surface area contributed by atoms with Gasteiger partial charge in [0.25, 0.3) is 0 Å². The van der Waals surface area contributed by atoms with E-state index in [4.69, 9.17) is 10.5 Å². The van der Waals surface area contributed by atoms with E-state index in [0.717, 1.165) is 6.42 Å². The van der Waals surface area contributed by atoms with E-state index < -0.39 is 5.54 Å². The third-order valence-corrected chi connectivity index (χ3v) is 3.41. The lowest BCUT2D eigenvalue weighted by Crippen LogP contribution is -2.62. The Balaban J connectivity index is 2.43. The van der Waals surface area contributed by atoms with E-state index >= 15 is 0 Å². The first-order chi connectivity index (χ1) is 7.16. The van der Waals surface area contributed by atoms with E-state index in [9.17, 15) is 4.79 Å². The summed E-state index contributed by atoms with van der Waals surface area (Å²) in [6, 6.07) is 0.201. The van der Waals surface area contributed by atoms with Crippen molar-refractivity contribution in [2.75, 3.05) is 7.11 Å². The molecule has 94 valence electrons. The van der Waals surface area contributed by atoms with E-state index in [1.54, 1.807) is 7.11 Å². The number of hydrogen-bond donors (Lipinski definition) is 2. The number of hydrogen-bond acceptors (Lipinski definition) is 3. The molecule has 1 saturated carbocycles. The number of methoxy groups -OCH3 is 1. The zero-order chi connectivity index (χ0) is 12.6. The molecular weight excluding hydrogens is 204 g/mol. The fourth-order valence-electron chi connectivity index (χ4n) is 2.19. The molecule has 1 rings (SSSR count).